The highest BCUT2D eigenvalue weighted by atomic mass is 15.1. The van der Waals surface area contributed by atoms with Gasteiger partial charge in [-0.3, -0.25) is 0 Å². The average molecular weight is 200 g/mol. The van der Waals surface area contributed by atoms with Gasteiger partial charge in [-0.2, -0.15) is 0 Å². The summed E-state index contributed by atoms with van der Waals surface area (Å²) in [6, 6.07) is 0.655. The van der Waals surface area contributed by atoms with Crippen molar-refractivity contribution < 1.29 is 0 Å². The summed E-state index contributed by atoms with van der Waals surface area (Å²) in [7, 11) is 2.21. The molecule has 14 heavy (non-hydrogen) atoms. The summed E-state index contributed by atoms with van der Waals surface area (Å²) in [5, 5.41) is 3.51. The largest absolute Gasteiger partial charge is 0.315 e. The Morgan fingerprint density at radius 1 is 1.21 bits per heavy atom. The van der Waals surface area contributed by atoms with Gasteiger partial charge in [-0.1, -0.05) is 20.8 Å². The molecule has 0 saturated carbocycles. The lowest BCUT2D eigenvalue weighted by atomic mass is 10.1. The van der Waals surface area contributed by atoms with Gasteiger partial charge in [0.05, 0.1) is 0 Å². The average Bonchev–Trinajstić information content (AvgIpc) is 2.12. The predicted octanol–water partition coefficient (Wildman–Crippen LogP) is 2.35. The Kier molecular flexibility index (Phi) is 8.20. The van der Waals surface area contributed by atoms with Crippen molar-refractivity contribution in [3.8, 4) is 0 Å². The summed E-state index contributed by atoms with van der Waals surface area (Å²) in [5.41, 5.74) is 0. The smallest absolute Gasteiger partial charge is 0.0189 e. The highest BCUT2D eigenvalue weighted by Crippen LogP contribution is 1.98. The first kappa shape index (κ1) is 13.9. The second-order valence-corrected chi connectivity index (χ2v) is 4.72. The molecule has 0 aromatic carbocycles. The Balaban J connectivity index is 3.38. The van der Waals surface area contributed by atoms with Gasteiger partial charge in [0.1, 0.15) is 0 Å². The van der Waals surface area contributed by atoms with E-state index < -0.39 is 0 Å². The molecular formula is C12H28N2. The highest BCUT2D eigenvalue weighted by molar-refractivity contribution is 4.65. The van der Waals surface area contributed by atoms with Gasteiger partial charge in [-0.15, -0.1) is 0 Å². The first-order chi connectivity index (χ1) is 6.57. The third kappa shape index (κ3) is 7.34. The lowest BCUT2D eigenvalue weighted by Crippen LogP contribution is -2.38. The molecule has 0 aromatic rings. The fourth-order valence-electron chi connectivity index (χ4n) is 1.43. The fraction of sp³-hybridized carbons (Fsp3) is 1.00. The minimum absolute atomic E-state index is 0.655. The second-order valence-electron chi connectivity index (χ2n) is 4.72. The van der Waals surface area contributed by atoms with E-state index in [2.05, 4.69) is 45.0 Å². The van der Waals surface area contributed by atoms with Gasteiger partial charge in [0, 0.05) is 12.6 Å². The topological polar surface area (TPSA) is 15.3 Å². The Morgan fingerprint density at radius 3 is 2.36 bits per heavy atom. The summed E-state index contributed by atoms with van der Waals surface area (Å²) in [4.78, 5) is 2.42. The molecule has 0 bridgehead atoms. The lowest BCUT2D eigenvalue weighted by molar-refractivity contribution is 0.250. The molecule has 0 aliphatic rings. The number of nitrogens with one attached hydrogen (secondary N) is 1. The Morgan fingerprint density at radius 2 is 1.86 bits per heavy atom. The minimum atomic E-state index is 0.655. The molecule has 1 atom stereocenters. The molecule has 0 spiro atoms. The summed E-state index contributed by atoms with van der Waals surface area (Å²) in [6.07, 6.45) is 2.52. The van der Waals surface area contributed by atoms with E-state index in [1.807, 2.05) is 0 Å². The Labute approximate surface area is 90.1 Å². The molecule has 2 nitrogen and oxygen atoms in total. The van der Waals surface area contributed by atoms with E-state index in [1.54, 1.807) is 0 Å². The first-order valence-corrected chi connectivity index (χ1v) is 5.98. The van der Waals surface area contributed by atoms with E-state index in [4.69, 9.17) is 0 Å². The maximum atomic E-state index is 3.51. The van der Waals surface area contributed by atoms with Crippen LogP contribution in [0.3, 0.4) is 0 Å². The van der Waals surface area contributed by atoms with Crippen molar-refractivity contribution in [3.05, 3.63) is 0 Å². The molecule has 0 amide bonds. The summed E-state index contributed by atoms with van der Waals surface area (Å²) in [5.74, 6) is 0.811. The number of hydrogen-bond donors (Lipinski definition) is 1. The minimum Gasteiger partial charge on any atom is -0.315 e. The standard InChI is InChI=1S/C12H28N2/c1-6-9-14(5)12(4)10-13-8-7-11(2)3/h11-13H,6-10H2,1-5H3. The van der Waals surface area contributed by atoms with Gasteiger partial charge < -0.3 is 10.2 Å². The molecule has 1 N–H and O–H groups in total. The van der Waals surface area contributed by atoms with Crippen molar-refractivity contribution >= 4 is 0 Å². The fourth-order valence-corrected chi connectivity index (χ4v) is 1.43. The number of likely N-dealkylation sites (N-methyl/N-ethyl adjacent to an activating group) is 1. The molecular weight excluding hydrogens is 172 g/mol. The Bertz CT molecular complexity index is 123. The van der Waals surface area contributed by atoms with Crippen molar-refractivity contribution in [1.29, 1.82) is 0 Å². The van der Waals surface area contributed by atoms with E-state index in [0.29, 0.717) is 6.04 Å². The molecule has 0 aliphatic carbocycles. The zero-order chi connectivity index (χ0) is 11.0. The Hall–Kier alpha value is -0.0800. The molecule has 0 aromatic heterocycles. The monoisotopic (exact) mass is 200 g/mol. The predicted molar refractivity (Wildman–Crippen MR) is 64.7 cm³/mol. The summed E-state index contributed by atoms with van der Waals surface area (Å²) >= 11 is 0. The molecule has 0 fully saturated rings. The number of hydrogen-bond acceptors (Lipinski definition) is 2. The van der Waals surface area contributed by atoms with Gasteiger partial charge in [-0.25, -0.2) is 0 Å². The molecule has 0 rings (SSSR count). The van der Waals surface area contributed by atoms with Crippen LogP contribution in [0, 0.1) is 5.92 Å². The van der Waals surface area contributed by atoms with E-state index >= 15 is 0 Å². The van der Waals surface area contributed by atoms with Crippen LogP contribution in [-0.2, 0) is 0 Å². The molecule has 86 valence electrons. The van der Waals surface area contributed by atoms with Crippen molar-refractivity contribution in [1.82, 2.24) is 10.2 Å². The van der Waals surface area contributed by atoms with Crippen molar-refractivity contribution in [2.45, 2.75) is 46.6 Å². The lowest BCUT2D eigenvalue weighted by Gasteiger charge is -2.24. The van der Waals surface area contributed by atoms with E-state index in [9.17, 15) is 0 Å². The van der Waals surface area contributed by atoms with Crippen LogP contribution in [0.25, 0.3) is 0 Å². The van der Waals surface area contributed by atoms with Crippen molar-refractivity contribution in [3.63, 3.8) is 0 Å². The molecule has 0 saturated heterocycles. The molecule has 2 heteroatoms. The van der Waals surface area contributed by atoms with E-state index in [0.717, 1.165) is 19.0 Å². The zero-order valence-electron chi connectivity index (χ0n) is 10.6. The zero-order valence-corrected chi connectivity index (χ0v) is 10.6. The van der Waals surface area contributed by atoms with Gasteiger partial charge >= 0.3 is 0 Å². The number of nitrogens with zero attached hydrogens (tertiary/aromatic N) is 1. The normalized spacial score (nSPS) is 13.9. The van der Waals surface area contributed by atoms with E-state index in [1.165, 1.54) is 19.4 Å². The molecule has 0 aliphatic heterocycles. The molecule has 1 unspecified atom stereocenters. The first-order valence-electron chi connectivity index (χ1n) is 5.98. The summed E-state index contributed by atoms with van der Waals surface area (Å²) < 4.78 is 0. The molecule has 0 radical (unpaired) electrons. The van der Waals surface area contributed by atoms with Crippen LogP contribution in [-0.4, -0.2) is 37.6 Å². The van der Waals surface area contributed by atoms with Crippen LogP contribution in [0.4, 0.5) is 0 Å². The SMILES string of the molecule is CCCN(C)C(C)CNCCC(C)C. The maximum Gasteiger partial charge on any atom is 0.0189 e. The van der Waals surface area contributed by atoms with Crippen molar-refractivity contribution in [2.75, 3.05) is 26.7 Å². The number of rotatable bonds is 8. The highest BCUT2D eigenvalue weighted by Gasteiger charge is 2.06. The molecule has 0 heterocycles. The van der Waals surface area contributed by atoms with E-state index in [-0.39, 0.29) is 0 Å². The van der Waals surface area contributed by atoms with Crippen molar-refractivity contribution in [2.24, 2.45) is 5.92 Å². The third-order valence-corrected chi connectivity index (χ3v) is 2.67. The second kappa shape index (κ2) is 8.25. The van der Waals surface area contributed by atoms with Crippen LogP contribution in [0.1, 0.15) is 40.5 Å². The van der Waals surface area contributed by atoms with Crippen LogP contribution < -0.4 is 5.32 Å². The van der Waals surface area contributed by atoms with Gasteiger partial charge in [0.25, 0.3) is 0 Å². The van der Waals surface area contributed by atoms with Crippen LogP contribution in [0.15, 0.2) is 0 Å². The van der Waals surface area contributed by atoms with Crippen LogP contribution in [0.5, 0.6) is 0 Å². The summed E-state index contributed by atoms with van der Waals surface area (Å²) in [6.45, 7) is 12.5. The van der Waals surface area contributed by atoms with Gasteiger partial charge in [0.15, 0.2) is 0 Å². The van der Waals surface area contributed by atoms with Crippen LogP contribution >= 0.6 is 0 Å². The maximum absolute atomic E-state index is 3.51. The van der Waals surface area contributed by atoms with Crippen LogP contribution in [0.2, 0.25) is 0 Å². The third-order valence-electron chi connectivity index (χ3n) is 2.67. The quantitative estimate of drug-likeness (QED) is 0.605. The van der Waals surface area contributed by atoms with Gasteiger partial charge in [-0.05, 0) is 45.8 Å². The van der Waals surface area contributed by atoms with Gasteiger partial charge in [0.2, 0.25) is 0 Å².